The fourth-order valence-corrected chi connectivity index (χ4v) is 1.76. The fourth-order valence-electron chi connectivity index (χ4n) is 1.44. The number of nitrogens with zero attached hydrogens (tertiary/aromatic N) is 1. The van der Waals surface area contributed by atoms with Crippen LogP contribution < -0.4 is 10.6 Å². The molecule has 1 aromatic heterocycles. The van der Waals surface area contributed by atoms with Crippen LogP contribution in [0.25, 0.3) is 11.3 Å². The number of hydrogen-bond acceptors (Lipinski definition) is 4. The summed E-state index contributed by atoms with van der Waals surface area (Å²) in [5.41, 5.74) is 1.62. The predicted molar refractivity (Wildman–Crippen MR) is 66.5 cm³/mol. The Labute approximate surface area is 100 Å². The van der Waals surface area contributed by atoms with Crippen LogP contribution in [0.15, 0.2) is 35.2 Å². The van der Waals surface area contributed by atoms with Gasteiger partial charge < -0.3 is 9.73 Å². The lowest BCUT2D eigenvalue weighted by molar-refractivity contribution is 0.572. The summed E-state index contributed by atoms with van der Waals surface area (Å²) in [6, 6.07) is 5.34. The van der Waals surface area contributed by atoms with Crippen LogP contribution in [0.1, 0.15) is 0 Å². The Hall–Kier alpha value is -2.11. The molecule has 2 aromatic rings. The summed E-state index contributed by atoms with van der Waals surface area (Å²) in [7, 11) is -0.0340. The first-order chi connectivity index (χ1) is 8.35. The first-order valence-electron chi connectivity index (χ1n) is 4.88. The summed E-state index contributed by atoms with van der Waals surface area (Å²) in [5.74, 6) is 3.10. The van der Waals surface area contributed by atoms with Gasteiger partial charge >= 0.3 is 0 Å². The maximum absolute atomic E-state index is 10.9. The molecule has 0 saturated carbocycles. The maximum Gasteiger partial charge on any atom is 0.192 e. The van der Waals surface area contributed by atoms with Crippen LogP contribution in [-0.2, 0) is 4.57 Å². The molecule has 84 valence electrons. The predicted octanol–water partition coefficient (Wildman–Crippen LogP) is 2.30. The molecule has 0 aliphatic rings. The molecule has 5 heteroatoms. The molecule has 0 unspecified atom stereocenters. The fraction of sp³-hybridized carbons (Fsp3) is 0.0833. The lowest BCUT2D eigenvalue weighted by Gasteiger charge is -2.08. The van der Waals surface area contributed by atoms with Crippen LogP contribution in [0, 0.1) is 12.3 Å². The molecule has 0 spiro atoms. The smallest absolute Gasteiger partial charge is 0.192 e. The normalized spacial score (nSPS) is 10.1. The van der Waals surface area contributed by atoms with Crippen molar-refractivity contribution in [3.05, 3.63) is 30.8 Å². The summed E-state index contributed by atoms with van der Waals surface area (Å²) in [5, 5.41) is 3.74. The zero-order chi connectivity index (χ0) is 12.1. The van der Waals surface area contributed by atoms with Gasteiger partial charge in [0.1, 0.15) is 0 Å². The minimum absolute atomic E-state index is 0.0340. The Morgan fingerprint density at radius 3 is 3.06 bits per heavy atom. The van der Waals surface area contributed by atoms with E-state index in [2.05, 4.69) is 16.2 Å². The molecule has 2 rings (SSSR count). The molecule has 0 saturated heterocycles. The summed E-state index contributed by atoms with van der Waals surface area (Å²) < 4.78 is 16.1. The van der Waals surface area contributed by atoms with E-state index in [0.29, 0.717) is 17.6 Å². The third kappa shape index (κ3) is 2.52. The average Bonchev–Trinajstić information content (AvgIpc) is 2.90. The SMILES string of the molecule is C#CCNc1ccc(P=O)cc1-c1cnco1. The van der Waals surface area contributed by atoms with Gasteiger partial charge in [-0.1, -0.05) is 5.92 Å². The van der Waals surface area contributed by atoms with Crippen molar-refractivity contribution in [2.45, 2.75) is 0 Å². The van der Waals surface area contributed by atoms with Crippen molar-refractivity contribution in [1.29, 1.82) is 0 Å². The first-order valence-corrected chi connectivity index (χ1v) is 5.70. The van der Waals surface area contributed by atoms with E-state index >= 15 is 0 Å². The van der Waals surface area contributed by atoms with E-state index in [0.717, 1.165) is 11.3 Å². The number of rotatable bonds is 4. The Morgan fingerprint density at radius 2 is 2.41 bits per heavy atom. The number of benzene rings is 1. The van der Waals surface area contributed by atoms with E-state index in [-0.39, 0.29) is 8.46 Å². The number of terminal acetylenes is 1. The van der Waals surface area contributed by atoms with Crippen LogP contribution in [0.4, 0.5) is 5.69 Å². The summed E-state index contributed by atoms with van der Waals surface area (Å²) in [6.45, 7) is 0.412. The molecule has 4 nitrogen and oxygen atoms in total. The number of hydrogen-bond donors (Lipinski definition) is 1. The molecule has 0 atom stereocenters. The third-order valence-electron chi connectivity index (χ3n) is 2.19. The Bertz CT molecular complexity index is 558. The summed E-state index contributed by atoms with van der Waals surface area (Å²) >= 11 is 0. The van der Waals surface area contributed by atoms with Crippen LogP contribution in [0.3, 0.4) is 0 Å². The lowest BCUT2D eigenvalue weighted by Crippen LogP contribution is -2.02. The van der Waals surface area contributed by atoms with Crippen LogP contribution in [-0.4, -0.2) is 11.5 Å². The molecular weight excluding hydrogens is 235 g/mol. The molecule has 1 heterocycles. The highest BCUT2D eigenvalue weighted by Gasteiger charge is 2.09. The van der Waals surface area contributed by atoms with Crippen molar-refractivity contribution in [3.8, 4) is 23.7 Å². The van der Waals surface area contributed by atoms with E-state index in [9.17, 15) is 4.57 Å². The zero-order valence-corrected chi connectivity index (χ0v) is 9.78. The second-order valence-electron chi connectivity index (χ2n) is 3.24. The quantitative estimate of drug-likeness (QED) is 0.662. The van der Waals surface area contributed by atoms with Gasteiger partial charge in [-0.05, 0) is 18.2 Å². The summed E-state index contributed by atoms with van der Waals surface area (Å²) in [4.78, 5) is 3.86. The van der Waals surface area contributed by atoms with Crippen molar-refractivity contribution in [2.24, 2.45) is 0 Å². The summed E-state index contributed by atoms with van der Waals surface area (Å²) in [6.07, 6.45) is 8.15. The Kier molecular flexibility index (Phi) is 3.54. The van der Waals surface area contributed by atoms with Gasteiger partial charge in [0, 0.05) is 16.6 Å². The second kappa shape index (κ2) is 5.29. The molecule has 17 heavy (non-hydrogen) atoms. The average molecular weight is 244 g/mol. The lowest BCUT2D eigenvalue weighted by atomic mass is 10.1. The number of aromatic nitrogens is 1. The molecule has 0 radical (unpaired) electrons. The highest BCUT2D eigenvalue weighted by molar-refractivity contribution is 7.34. The minimum atomic E-state index is -0.0340. The second-order valence-corrected chi connectivity index (χ2v) is 3.94. The minimum Gasteiger partial charge on any atom is -0.443 e. The van der Waals surface area contributed by atoms with Crippen LogP contribution in [0.2, 0.25) is 0 Å². The van der Waals surface area contributed by atoms with Crippen molar-refractivity contribution in [1.82, 2.24) is 4.98 Å². The van der Waals surface area contributed by atoms with E-state index in [4.69, 9.17) is 10.8 Å². The highest BCUT2D eigenvalue weighted by atomic mass is 31.1. The van der Waals surface area contributed by atoms with Crippen molar-refractivity contribution >= 4 is 19.5 Å². The van der Waals surface area contributed by atoms with Crippen LogP contribution >= 0.6 is 8.46 Å². The molecule has 1 N–H and O–H groups in total. The molecule has 0 bridgehead atoms. The molecule has 0 amide bonds. The Morgan fingerprint density at radius 1 is 1.53 bits per heavy atom. The number of nitrogens with one attached hydrogen (secondary N) is 1. The van der Waals surface area contributed by atoms with Gasteiger partial charge in [-0.3, -0.25) is 4.57 Å². The monoisotopic (exact) mass is 244 g/mol. The standard InChI is InChI=1S/C12H9N2O2P/c1-2-5-14-11-4-3-9(17-15)6-10(11)12-7-13-8-16-12/h1,3-4,6-8,14H,5H2. The van der Waals surface area contributed by atoms with Crippen LogP contribution in [0.5, 0.6) is 0 Å². The molecule has 0 aliphatic heterocycles. The maximum atomic E-state index is 10.9. The van der Waals surface area contributed by atoms with Gasteiger partial charge in [0.2, 0.25) is 0 Å². The zero-order valence-electron chi connectivity index (χ0n) is 8.88. The van der Waals surface area contributed by atoms with Crippen molar-refractivity contribution in [3.63, 3.8) is 0 Å². The first kappa shape index (κ1) is 11.4. The van der Waals surface area contributed by atoms with Crippen molar-refractivity contribution < 1.29 is 8.98 Å². The highest BCUT2D eigenvalue weighted by Crippen LogP contribution is 2.27. The Balaban J connectivity index is 2.45. The van der Waals surface area contributed by atoms with Gasteiger partial charge in [-0.15, -0.1) is 6.42 Å². The molecule has 0 aliphatic carbocycles. The van der Waals surface area contributed by atoms with E-state index in [1.54, 1.807) is 18.3 Å². The third-order valence-corrected chi connectivity index (χ3v) is 2.68. The molecular formula is C12H9N2O2P. The largest absolute Gasteiger partial charge is 0.443 e. The van der Waals surface area contributed by atoms with Gasteiger partial charge in [0.15, 0.2) is 20.6 Å². The van der Waals surface area contributed by atoms with Gasteiger partial charge in [0.05, 0.1) is 12.7 Å². The van der Waals surface area contributed by atoms with Gasteiger partial charge in [-0.2, -0.15) is 0 Å². The van der Waals surface area contributed by atoms with Gasteiger partial charge in [0.25, 0.3) is 0 Å². The van der Waals surface area contributed by atoms with Gasteiger partial charge in [-0.25, -0.2) is 4.98 Å². The number of oxazole rings is 1. The molecule has 0 fully saturated rings. The van der Waals surface area contributed by atoms with E-state index in [1.807, 2.05) is 6.07 Å². The van der Waals surface area contributed by atoms with E-state index in [1.165, 1.54) is 6.39 Å². The topological polar surface area (TPSA) is 55.1 Å². The molecule has 1 aromatic carbocycles. The van der Waals surface area contributed by atoms with Crippen molar-refractivity contribution in [2.75, 3.05) is 11.9 Å². The number of anilines is 1. The van der Waals surface area contributed by atoms with E-state index < -0.39 is 0 Å².